The van der Waals surface area contributed by atoms with Crippen LogP contribution in [-0.4, -0.2) is 66.2 Å². The molecule has 1 saturated heterocycles. The monoisotopic (exact) mass is 334 g/mol. The molecule has 1 N–H and O–H groups in total. The molecule has 7 nitrogen and oxygen atoms in total. The summed E-state index contributed by atoms with van der Waals surface area (Å²) in [5, 5.41) is 6.95. The molecule has 0 bridgehead atoms. The van der Waals surface area contributed by atoms with Gasteiger partial charge in [0.25, 0.3) is 5.91 Å². The number of carbonyl (C=O) groups excluding carboxylic acids is 1. The highest BCUT2D eigenvalue weighted by Gasteiger charge is 2.27. The number of aromatic nitrogens is 2. The highest BCUT2D eigenvalue weighted by molar-refractivity contribution is 7.88. The van der Waals surface area contributed by atoms with Crippen LogP contribution < -0.4 is 0 Å². The quantitative estimate of drug-likeness (QED) is 0.899. The van der Waals surface area contributed by atoms with Crippen LogP contribution in [0.15, 0.2) is 36.4 Å². The molecule has 0 radical (unpaired) electrons. The fourth-order valence-electron chi connectivity index (χ4n) is 2.58. The van der Waals surface area contributed by atoms with Gasteiger partial charge in [-0.15, -0.1) is 0 Å². The van der Waals surface area contributed by atoms with Gasteiger partial charge in [0.05, 0.1) is 11.9 Å². The van der Waals surface area contributed by atoms with E-state index in [2.05, 4.69) is 10.2 Å². The number of nitrogens with zero attached hydrogens (tertiary/aromatic N) is 3. The molecule has 3 rings (SSSR count). The molecule has 0 atom stereocenters. The first-order valence-corrected chi connectivity index (χ1v) is 9.15. The van der Waals surface area contributed by atoms with Crippen LogP contribution in [0.3, 0.4) is 0 Å². The van der Waals surface area contributed by atoms with Crippen LogP contribution in [0.25, 0.3) is 11.3 Å². The van der Waals surface area contributed by atoms with Crippen molar-refractivity contribution in [1.82, 2.24) is 19.4 Å². The summed E-state index contributed by atoms with van der Waals surface area (Å²) in [5.74, 6) is -0.159. The Labute approximate surface area is 135 Å². The molecule has 0 saturated carbocycles. The second-order valence-corrected chi connectivity index (χ2v) is 7.47. The van der Waals surface area contributed by atoms with Gasteiger partial charge in [-0.05, 0) is 6.07 Å². The predicted molar refractivity (Wildman–Crippen MR) is 86.3 cm³/mol. The van der Waals surface area contributed by atoms with E-state index >= 15 is 0 Å². The van der Waals surface area contributed by atoms with Gasteiger partial charge in [0.15, 0.2) is 0 Å². The smallest absolute Gasteiger partial charge is 0.271 e. The van der Waals surface area contributed by atoms with Crippen molar-refractivity contribution in [2.45, 2.75) is 0 Å². The summed E-state index contributed by atoms with van der Waals surface area (Å²) in [6.45, 7) is 1.41. The predicted octanol–water partition coefficient (Wildman–Crippen LogP) is 0.794. The van der Waals surface area contributed by atoms with Crippen molar-refractivity contribution >= 4 is 15.9 Å². The minimum atomic E-state index is -3.20. The zero-order chi connectivity index (χ0) is 16.4. The van der Waals surface area contributed by atoms with E-state index in [-0.39, 0.29) is 5.91 Å². The van der Waals surface area contributed by atoms with Gasteiger partial charge in [0.1, 0.15) is 5.69 Å². The van der Waals surface area contributed by atoms with E-state index in [9.17, 15) is 13.2 Å². The van der Waals surface area contributed by atoms with Gasteiger partial charge in [-0.25, -0.2) is 8.42 Å². The summed E-state index contributed by atoms with van der Waals surface area (Å²) in [6, 6.07) is 11.3. The maximum atomic E-state index is 12.5. The molecular formula is C15H18N4O3S. The molecule has 8 heteroatoms. The average molecular weight is 334 g/mol. The Bertz CT molecular complexity index is 793. The van der Waals surface area contributed by atoms with E-state index < -0.39 is 10.0 Å². The number of H-pyrrole nitrogens is 1. The van der Waals surface area contributed by atoms with Crippen molar-refractivity contribution in [2.24, 2.45) is 0 Å². The number of aromatic amines is 1. The lowest BCUT2D eigenvalue weighted by Crippen LogP contribution is -2.50. The van der Waals surface area contributed by atoms with Crippen molar-refractivity contribution in [3.8, 4) is 11.3 Å². The van der Waals surface area contributed by atoms with Gasteiger partial charge in [-0.2, -0.15) is 9.40 Å². The van der Waals surface area contributed by atoms with E-state index in [1.807, 2.05) is 30.3 Å². The Hall–Kier alpha value is -2.19. The zero-order valence-corrected chi connectivity index (χ0v) is 13.6. The molecule has 0 aliphatic carbocycles. The molecule has 23 heavy (non-hydrogen) atoms. The highest BCUT2D eigenvalue weighted by Crippen LogP contribution is 2.18. The Morgan fingerprint density at radius 1 is 1.13 bits per heavy atom. The van der Waals surface area contributed by atoms with Crippen molar-refractivity contribution in [1.29, 1.82) is 0 Å². The van der Waals surface area contributed by atoms with E-state index in [0.717, 1.165) is 5.56 Å². The lowest BCUT2D eigenvalue weighted by atomic mass is 10.1. The fourth-order valence-corrected chi connectivity index (χ4v) is 3.41. The summed E-state index contributed by atoms with van der Waals surface area (Å²) in [4.78, 5) is 14.1. The molecule has 1 fully saturated rings. The molecule has 122 valence electrons. The summed E-state index contributed by atoms with van der Waals surface area (Å²) >= 11 is 0. The first-order valence-electron chi connectivity index (χ1n) is 7.30. The number of hydrogen-bond donors (Lipinski definition) is 1. The molecule has 1 amide bonds. The third-order valence-electron chi connectivity index (χ3n) is 3.87. The summed E-state index contributed by atoms with van der Waals surface area (Å²) < 4.78 is 24.4. The molecule has 1 aliphatic rings. The second kappa shape index (κ2) is 6.13. The average Bonchev–Trinajstić information content (AvgIpc) is 3.04. The van der Waals surface area contributed by atoms with Gasteiger partial charge in [0.2, 0.25) is 10.0 Å². The van der Waals surface area contributed by atoms with E-state index in [4.69, 9.17) is 0 Å². The van der Waals surface area contributed by atoms with Crippen LogP contribution in [0.4, 0.5) is 0 Å². The van der Waals surface area contributed by atoms with Crippen molar-refractivity contribution in [2.75, 3.05) is 32.4 Å². The van der Waals surface area contributed by atoms with E-state index in [1.165, 1.54) is 10.6 Å². The van der Waals surface area contributed by atoms with Crippen molar-refractivity contribution < 1.29 is 13.2 Å². The Balaban J connectivity index is 1.69. The zero-order valence-electron chi connectivity index (χ0n) is 12.8. The molecule has 0 spiro atoms. The van der Waals surface area contributed by atoms with Crippen LogP contribution in [0.5, 0.6) is 0 Å². The minimum Gasteiger partial charge on any atom is -0.335 e. The van der Waals surface area contributed by atoms with Crippen molar-refractivity contribution in [3.63, 3.8) is 0 Å². The fraction of sp³-hybridized carbons (Fsp3) is 0.333. The number of rotatable bonds is 3. The number of nitrogens with one attached hydrogen (secondary N) is 1. The molecule has 1 aromatic carbocycles. The summed E-state index contributed by atoms with van der Waals surface area (Å²) in [6.07, 6.45) is 1.19. The van der Waals surface area contributed by atoms with Gasteiger partial charge >= 0.3 is 0 Å². The highest BCUT2D eigenvalue weighted by atomic mass is 32.2. The molecular weight excluding hydrogens is 316 g/mol. The Morgan fingerprint density at radius 3 is 2.39 bits per heavy atom. The first-order chi connectivity index (χ1) is 10.9. The summed E-state index contributed by atoms with van der Waals surface area (Å²) in [7, 11) is -3.20. The maximum Gasteiger partial charge on any atom is 0.271 e. The topological polar surface area (TPSA) is 86.4 Å². The third-order valence-corrected chi connectivity index (χ3v) is 5.18. The number of piperazine rings is 1. The molecule has 0 unspecified atom stereocenters. The third kappa shape index (κ3) is 3.43. The van der Waals surface area contributed by atoms with Gasteiger partial charge in [0, 0.05) is 31.7 Å². The lowest BCUT2D eigenvalue weighted by molar-refractivity contribution is 0.0692. The number of amides is 1. The normalized spacial score (nSPS) is 16.5. The van der Waals surface area contributed by atoms with Gasteiger partial charge in [-0.3, -0.25) is 9.89 Å². The molecule has 2 aromatic rings. The largest absolute Gasteiger partial charge is 0.335 e. The first kappa shape index (κ1) is 15.7. The standard InChI is InChI=1S/C15H18N4O3S/c1-23(21,22)19-9-7-18(8-10-19)15(20)14-11-13(16-17-14)12-5-3-2-4-6-12/h2-6,11H,7-10H2,1H3,(H,16,17). The molecule has 2 heterocycles. The number of benzene rings is 1. The number of sulfonamides is 1. The van der Waals surface area contributed by atoms with E-state index in [0.29, 0.717) is 37.6 Å². The van der Waals surface area contributed by atoms with Crippen LogP contribution in [0.2, 0.25) is 0 Å². The van der Waals surface area contributed by atoms with Crippen LogP contribution in [0.1, 0.15) is 10.5 Å². The number of hydrogen-bond acceptors (Lipinski definition) is 4. The summed E-state index contributed by atoms with van der Waals surface area (Å²) in [5.41, 5.74) is 2.06. The Morgan fingerprint density at radius 2 is 1.78 bits per heavy atom. The second-order valence-electron chi connectivity index (χ2n) is 5.49. The van der Waals surface area contributed by atoms with Crippen molar-refractivity contribution in [3.05, 3.63) is 42.1 Å². The van der Waals surface area contributed by atoms with Gasteiger partial charge < -0.3 is 4.90 Å². The maximum absolute atomic E-state index is 12.5. The van der Waals surface area contributed by atoms with Gasteiger partial charge in [-0.1, -0.05) is 30.3 Å². The lowest BCUT2D eigenvalue weighted by Gasteiger charge is -2.32. The number of carbonyl (C=O) groups is 1. The van der Waals surface area contributed by atoms with E-state index in [1.54, 1.807) is 11.0 Å². The Kier molecular flexibility index (Phi) is 4.18. The van der Waals surface area contributed by atoms with Crippen LogP contribution in [0, 0.1) is 0 Å². The molecule has 1 aromatic heterocycles. The SMILES string of the molecule is CS(=O)(=O)N1CCN(C(=O)c2cc(-c3ccccc3)n[nH]2)CC1. The molecule has 1 aliphatic heterocycles. The van der Waals surface area contributed by atoms with Crippen LogP contribution in [-0.2, 0) is 10.0 Å². The minimum absolute atomic E-state index is 0.159. The van der Waals surface area contributed by atoms with Crippen LogP contribution >= 0.6 is 0 Å².